The van der Waals surface area contributed by atoms with Crippen molar-refractivity contribution in [1.82, 2.24) is 9.58 Å². The molecule has 5 rings (SSSR count). The lowest BCUT2D eigenvalue weighted by molar-refractivity contribution is -0.138. The number of hydrogen-bond donors (Lipinski definition) is 1. The molecular weight excluding hydrogens is 414 g/mol. The molecule has 1 aliphatic heterocycles. The molecule has 1 amide bonds. The topological polar surface area (TPSA) is 74.9 Å². The zero-order valence-electron chi connectivity index (χ0n) is 18.6. The van der Waals surface area contributed by atoms with Crippen LogP contribution in [-0.2, 0) is 22.6 Å². The predicted molar refractivity (Wildman–Crippen MR) is 128 cm³/mol. The molecule has 1 aromatic heterocycles. The van der Waals surface area contributed by atoms with Gasteiger partial charge in [0.2, 0.25) is 5.91 Å². The Morgan fingerprint density at radius 3 is 2.48 bits per heavy atom. The molecule has 2 aromatic carbocycles. The van der Waals surface area contributed by atoms with Gasteiger partial charge in [0.1, 0.15) is 6.54 Å². The molecule has 0 spiro atoms. The van der Waals surface area contributed by atoms with Crippen LogP contribution in [0.5, 0.6) is 0 Å². The first kappa shape index (κ1) is 21.2. The van der Waals surface area contributed by atoms with Crippen molar-refractivity contribution in [2.24, 2.45) is 16.9 Å². The van der Waals surface area contributed by atoms with Gasteiger partial charge in [-0.05, 0) is 37.8 Å². The summed E-state index contributed by atoms with van der Waals surface area (Å²) in [4.78, 5) is 24.9. The van der Waals surface area contributed by atoms with E-state index < -0.39 is 5.97 Å². The monoisotopic (exact) mass is 441 g/mol. The third-order valence-corrected chi connectivity index (χ3v) is 6.82. The van der Waals surface area contributed by atoms with E-state index in [0.717, 1.165) is 40.7 Å². The van der Waals surface area contributed by atoms with E-state index in [2.05, 4.69) is 24.3 Å². The lowest BCUT2D eigenvalue weighted by Crippen LogP contribution is -2.46. The van der Waals surface area contributed by atoms with Gasteiger partial charge >= 0.3 is 5.97 Å². The number of aromatic nitrogens is 1. The Hall–Kier alpha value is -3.67. The van der Waals surface area contributed by atoms with Crippen molar-refractivity contribution in [2.75, 3.05) is 6.54 Å². The third kappa shape index (κ3) is 3.86. The Kier molecular flexibility index (Phi) is 5.58. The van der Waals surface area contributed by atoms with Crippen LogP contribution in [0.3, 0.4) is 0 Å². The SMILES string of the molecule is Cc1c(C2=NN(CCc3ccccc3)C(=O)[C@@H]3CC=CC[C@H]23)c2ccccc2n1CC(=O)O. The fourth-order valence-corrected chi connectivity index (χ4v) is 5.20. The van der Waals surface area contributed by atoms with Crippen molar-refractivity contribution in [3.63, 3.8) is 0 Å². The number of para-hydroxylation sites is 1. The molecule has 2 aliphatic rings. The summed E-state index contributed by atoms with van der Waals surface area (Å²) in [5.41, 5.74) is 4.79. The molecule has 0 radical (unpaired) electrons. The highest BCUT2D eigenvalue weighted by molar-refractivity contribution is 6.15. The van der Waals surface area contributed by atoms with Gasteiger partial charge in [-0.2, -0.15) is 5.10 Å². The lowest BCUT2D eigenvalue weighted by atomic mass is 9.76. The molecular formula is C27H27N3O3. The van der Waals surface area contributed by atoms with E-state index in [0.29, 0.717) is 13.0 Å². The van der Waals surface area contributed by atoms with Crippen LogP contribution in [0.4, 0.5) is 0 Å². The molecule has 0 saturated heterocycles. The van der Waals surface area contributed by atoms with E-state index in [1.165, 1.54) is 5.56 Å². The van der Waals surface area contributed by atoms with Crippen molar-refractivity contribution in [3.8, 4) is 0 Å². The molecule has 1 aliphatic carbocycles. The number of amides is 1. The maximum Gasteiger partial charge on any atom is 0.323 e. The molecule has 168 valence electrons. The number of aliphatic carboxylic acids is 1. The first-order valence-electron chi connectivity index (χ1n) is 11.4. The van der Waals surface area contributed by atoms with Crippen LogP contribution in [0.1, 0.15) is 29.7 Å². The molecule has 0 unspecified atom stereocenters. The van der Waals surface area contributed by atoms with E-state index in [9.17, 15) is 14.7 Å². The number of allylic oxidation sites excluding steroid dienone is 2. The van der Waals surface area contributed by atoms with Gasteiger partial charge in [0.05, 0.1) is 11.6 Å². The summed E-state index contributed by atoms with van der Waals surface area (Å²) in [6, 6.07) is 18.0. The molecule has 6 heteroatoms. The highest BCUT2D eigenvalue weighted by Crippen LogP contribution is 2.38. The minimum atomic E-state index is -0.880. The second-order valence-corrected chi connectivity index (χ2v) is 8.80. The maximum absolute atomic E-state index is 13.4. The van der Waals surface area contributed by atoms with Crippen LogP contribution in [0.25, 0.3) is 10.9 Å². The van der Waals surface area contributed by atoms with Crippen molar-refractivity contribution in [3.05, 3.63) is 83.6 Å². The fourth-order valence-electron chi connectivity index (χ4n) is 5.20. The minimum Gasteiger partial charge on any atom is -0.480 e. The van der Waals surface area contributed by atoms with Crippen LogP contribution in [0.15, 0.2) is 71.9 Å². The van der Waals surface area contributed by atoms with Crippen LogP contribution < -0.4 is 0 Å². The largest absolute Gasteiger partial charge is 0.480 e. The Labute approximate surface area is 192 Å². The summed E-state index contributed by atoms with van der Waals surface area (Å²) >= 11 is 0. The summed E-state index contributed by atoms with van der Waals surface area (Å²) in [5, 5.41) is 17.1. The number of hydrogen-bond acceptors (Lipinski definition) is 3. The Morgan fingerprint density at radius 1 is 1.03 bits per heavy atom. The van der Waals surface area contributed by atoms with Gasteiger partial charge in [0, 0.05) is 34.6 Å². The summed E-state index contributed by atoms with van der Waals surface area (Å²) < 4.78 is 1.84. The molecule has 0 bridgehead atoms. The number of nitrogens with zero attached hydrogens (tertiary/aromatic N) is 3. The normalized spacial score (nSPS) is 20.1. The van der Waals surface area contributed by atoms with Gasteiger partial charge in [-0.1, -0.05) is 60.7 Å². The van der Waals surface area contributed by atoms with Crippen molar-refractivity contribution >= 4 is 28.5 Å². The number of carboxylic acids is 1. The van der Waals surface area contributed by atoms with Gasteiger partial charge in [-0.3, -0.25) is 9.59 Å². The lowest BCUT2D eigenvalue weighted by Gasteiger charge is -2.37. The number of benzene rings is 2. The Balaban J connectivity index is 1.61. The average molecular weight is 442 g/mol. The average Bonchev–Trinajstić information content (AvgIpc) is 3.10. The number of rotatable bonds is 6. The van der Waals surface area contributed by atoms with E-state index in [1.54, 1.807) is 5.01 Å². The molecule has 33 heavy (non-hydrogen) atoms. The van der Waals surface area contributed by atoms with Crippen molar-refractivity contribution in [2.45, 2.75) is 32.7 Å². The third-order valence-electron chi connectivity index (χ3n) is 6.82. The van der Waals surface area contributed by atoms with Crippen LogP contribution >= 0.6 is 0 Å². The van der Waals surface area contributed by atoms with E-state index >= 15 is 0 Å². The van der Waals surface area contributed by atoms with Crippen LogP contribution in [-0.4, -0.2) is 38.8 Å². The zero-order valence-corrected chi connectivity index (χ0v) is 18.6. The summed E-state index contributed by atoms with van der Waals surface area (Å²) in [6.07, 6.45) is 6.43. The second kappa shape index (κ2) is 8.70. The Bertz CT molecular complexity index is 1270. The summed E-state index contributed by atoms with van der Waals surface area (Å²) in [6.45, 7) is 2.37. The molecule has 0 fully saturated rings. The van der Waals surface area contributed by atoms with E-state index in [4.69, 9.17) is 5.10 Å². The molecule has 3 aromatic rings. The highest BCUT2D eigenvalue weighted by atomic mass is 16.4. The molecule has 1 N–H and O–H groups in total. The van der Waals surface area contributed by atoms with Gasteiger partial charge in [-0.15, -0.1) is 0 Å². The standard InChI is InChI=1S/C27H27N3O3/c1-18-25(22-13-7-8-14-23(22)29(18)17-24(31)32)26-20-11-5-6-12-21(20)27(33)30(28-26)16-15-19-9-3-2-4-10-19/h2-10,13-14,20-21H,11-12,15-17H2,1H3,(H,31,32)/t20-,21+/m0/s1. The van der Waals surface area contributed by atoms with Gasteiger partial charge in [0.15, 0.2) is 0 Å². The molecule has 2 atom stereocenters. The van der Waals surface area contributed by atoms with Crippen molar-refractivity contribution in [1.29, 1.82) is 0 Å². The molecule has 6 nitrogen and oxygen atoms in total. The number of hydrazone groups is 1. The number of carbonyl (C=O) groups excluding carboxylic acids is 1. The first-order valence-corrected chi connectivity index (χ1v) is 11.4. The maximum atomic E-state index is 13.4. The van der Waals surface area contributed by atoms with Crippen molar-refractivity contribution < 1.29 is 14.7 Å². The van der Waals surface area contributed by atoms with Gasteiger partial charge in [0.25, 0.3) is 0 Å². The van der Waals surface area contributed by atoms with E-state index in [1.807, 2.05) is 54.0 Å². The second-order valence-electron chi connectivity index (χ2n) is 8.80. The van der Waals surface area contributed by atoms with Gasteiger partial charge in [-0.25, -0.2) is 5.01 Å². The number of carbonyl (C=O) groups is 2. The first-order chi connectivity index (χ1) is 16.0. The van der Waals surface area contributed by atoms with E-state index in [-0.39, 0.29) is 24.3 Å². The fraction of sp³-hybridized carbons (Fsp3) is 0.296. The molecule has 2 heterocycles. The number of fused-ring (bicyclic) bond motifs is 2. The quantitative estimate of drug-likeness (QED) is 0.576. The molecule has 0 saturated carbocycles. The highest BCUT2D eigenvalue weighted by Gasteiger charge is 2.41. The summed E-state index contributed by atoms with van der Waals surface area (Å²) in [5.74, 6) is -0.942. The van der Waals surface area contributed by atoms with Gasteiger partial charge < -0.3 is 9.67 Å². The Morgan fingerprint density at radius 2 is 1.73 bits per heavy atom. The minimum absolute atomic E-state index is 0.00161. The van der Waals surface area contributed by atoms with Crippen LogP contribution in [0.2, 0.25) is 0 Å². The van der Waals surface area contributed by atoms with Crippen LogP contribution in [0, 0.1) is 18.8 Å². The summed E-state index contributed by atoms with van der Waals surface area (Å²) in [7, 11) is 0. The predicted octanol–water partition coefficient (Wildman–Crippen LogP) is 4.41. The zero-order chi connectivity index (χ0) is 22.9. The number of carboxylic acid groups (broad SMARTS) is 1. The smallest absolute Gasteiger partial charge is 0.323 e.